The number of nitrogens with zero attached hydrogens (tertiary/aromatic N) is 1. The van der Waals surface area contributed by atoms with Crippen molar-refractivity contribution in [3.63, 3.8) is 0 Å². The summed E-state index contributed by atoms with van der Waals surface area (Å²) in [6.07, 6.45) is 6.16. The van der Waals surface area contributed by atoms with Crippen LogP contribution in [0.25, 0.3) is 0 Å². The van der Waals surface area contributed by atoms with E-state index in [1.54, 1.807) is 0 Å². The van der Waals surface area contributed by atoms with Gasteiger partial charge in [-0.2, -0.15) is 5.11 Å². The summed E-state index contributed by atoms with van der Waals surface area (Å²) in [6, 6.07) is 0.196. The van der Waals surface area contributed by atoms with Crippen molar-refractivity contribution in [2.24, 2.45) is 5.11 Å². The van der Waals surface area contributed by atoms with Crippen LogP contribution in [0, 0.1) is 5.53 Å². The molecule has 0 saturated carbocycles. The van der Waals surface area contributed by atoms with Crippen LogP contribution in [0.4, 0.5) is 0 Å². The van der Waals surface area contributed by atoms with E-state index in [9.17, 15) is 0 Å². The lowest BCUT2D eigenvalue weighted by molar-refractivity contribution is 0.631. The lowest BCUT2D eigenvalue weighted by atomic mass is 10.2. The first kappa shape index (κ1) is 8.34. The van der Waals surface area contributed by atoms with Crippen LogP contribution in [0.5, 0.6) is 0 Å². The van der Waals surface area contributed by atoms with Gasteiger partial charge in [-0.3, -0.25) is 0 Å². The molecule has 2 heteroatoms. The molecule has 1 atom stereocenters. The molecule has 0 bridgehead atoms. The van der Waals surface area contributed by atoms with Crippen LogP contribution in [0.3, 0.4) is 0 Å². The van der Waals surface area contributed by atoms with Crippen LogP contribution >= 0.6 is 0 Å². The Balaban J connectivity index is 3.16. The van der Waals surface area contributed by atoms with Gasteiger partial charge in [0.15, 0.2) is 0 Å². The first-order chi connectivity index (χ1) is 4.31. The van der Waals surface area contributed by atoms with Gasteiger partial charge >= 0.3 is 0 Å². The van der Waals surface area contributed by atoms with Crippen LogP contribution in [-0.4, -0.2) is 6.04 Å². The normalized spacial score (nSPS) is 14.0. The maximum Gasteiger partial charge on any atom is 0.0680 e. The third-order valence-corrected chi connectivity index (χ3v) is 1.21. The monoisotopic (exact) mass is 126 g/mol. The number of hydrogen-bond acceptors (Lipinski definition) is 2. The summed E-state index contributed by atoms with van der Waals surface area (Å²) < 4.78 is 0. The molecule has 0 aliphatic heterocycles. The minimum absolute atomic E-state index is 0.196. The van der Waals surface area contributed by atoms with E-state index in [1.165, 1.54) is 0 Å². The molecule has 0 heterocycles. The molecule has 0 spiro atoms. The molecule has 0 aliphatic carbocycles. The van der Waals surface area contributed by atoms with Crippen molar-refractivity contribution < 1.29 is 0 Å². The standard InChI is InChI=1S/C7H14N2/c1-3-4-5-6-7(2)9-8/h3-4,7-8H,5-6H2,1-2H3. The summed E-state index contributed by atoms with van der Waals surface area (Å²) in [5.74, 6) is 0. The lowest BCUT2D eigenvalue weighted by Crippen LogP contribution is -1.93. The van der Waals surface area contributed by atoms with Crippen molar-refractivity contribution in [1.82, 2.24) is 0 Å². The molecule has 0 radical (unpaired) electrons. The molecule has 2 nitrogen and oxygen atoms in total. The number of nitrogens with one attached hydrogen (secondary N) is 1. The molecule has 52 valence electrons. The summed E-state index contributed by atoms with van der Waals surface area (Å²) in [5, 5.41) is 3.38. The summed E-state index contributed by atoms with van der Waals surface area (Å²) in [6.45, 7) is 3.96. The topological polar surface area (TPSA) is 36.2 Å². The second-order valence-electron chi connectivity index (χ2n) is 2.12. The van der Waals surface area contributed by atoms with Gasteiger partial charge in [-0.1, -0.05) is 12.2 Å². The Morgan fingerprint density at radius 3 is 2.78 bits per heavy atom. The molecule has 1 N–H and O–H groups in total. The van der Waals surface area contributed by atoms with Crippen LogP contribution < -0.4 is 0 Å². The van der Waals surface area contributed by atoms with Gasteiger partial charge in [0.1, 0.15) is 0 Å². The van der Waals surface area contributed by atoms with Gasteiger partial charge in [-0.15, -0.1) is 0 Å². The molecular formula is C7H14N2. The Labute approximate surface area is 56.5 Å². The number of allylic oxidation sites excluding steroid dienone is 2. The minimum Gasteiger partial charge on any atom is -0.210 e. The van der Waals surface area contributed by atoms with E-state index in [2.05, 4.69) is 11.2 Å². The fourth-order valence-corrected chi connectivity index (χ4v) is 0.569. The van der Waals surface area contributed by atoms with E-state index < -0.39 is 0 Å². The maximum atomic E-state index is 6.65. The molecule has 0 saturated heterocycles. The molecule has 0 aromatic carbocycles. The van der Waals surface area contributed by atoms with Crippen LogP contribution in [0.15, 0.2) is 17.3 Å². The Morgan fingerprint density at radius 1 is 1.67 bits per heavy atom. The predicted molar refractivity (Wildman–Crippen MR) is 38.7 cm³/mol. The summed E-state index contributed by atoms with van der Waals surface area (Å²) >= 11 is 0. The van der Waals surface area contributed by atoms with Gasteiger partial charge in [-0.25, -0.2) is 5.53 Å². The zero-order valence-corrected chi connectivity index (χ0v) is 6.09. The highest BCUT2D eigenvalue weighted by Crippen LogP contribution is 2.00. The highest BCUT2D eigenvalue weighted by molar-refractivity contribution is 4.77. The van der Waals surface area contributed by atoms with Crippen LogP contribution in [-0.2, 0) is 0 Å². The van der Waals surface area contributed by atoms with Gasteiger partial charge in [0, 0.05) is 0 Å². The average Bonchev–Trinajstić information content (AvgIpc) is 1.89. The second kappa shape index (κ2) is 5.48. The van der Waals surface area contributed by atoms with E-state index >= 15 is 0 Å². The SMILES string of the molecule is CC=CCCC(C)N=N. The Morgan fingerprint density at radius 2 is 2.33 bits per heavy atom. The molecule has 0 rings (SSSR count). The van der Waals surface area contributed by atoms with Crippen molar-refractivity contribution >= 4 is 0 Å². The summed E-state index contributed by atoms with van der Waals surface area (Å²) in [4.78, 5) is 0. The number of hydrogen-bond donors (Lipinski definition) is 1. The van der Waals surface area contributed by atoms with E-state index in [4.69, 9.17) is 5.53 Å². The molecule has 0 amide bonds. The van der Waals surface area contributed by atoms with E-state index in [-0.39, 0.29) is 6.04 Å². The Kier molecular flexibility index (Phi) is 5.07. The van der Waals surface area contributed by atoms with E-state index in [0.717, 1.165) is 12.8 Å². The first-order valence-corrected chi connectivity index (χ1v) is 3.29. The van der Waals surface area contributed by atoms with Gasteiger partial charge in [0.25, 0.3) is 0 Å². The second-order valence-corrected chi connectivity index (χ2v) is 2.12. The van der Waals surface area contributed by atoms with Crippen molar-refractivity contribution in [1.29, 1.82) is 5.53 Å². The lowest BCUT2D eigenvalue weighted by Gasteiger charge is -1.97. The van der Waals surface area contributed by atoms with Gasteiger partial charge < -0.3 is 0 Å². The molecule has 0 fully saturated rings. The highest BCUT2D eigenvalue weighted by atomic mass is 15.0. The van der Waals surface area contributed by atoms with Crippen LogP contribution in [0.2, 0.25) is 0 Å². The van der Waals surface area contributed by atoms with E-state index in [0.29, 0.717) is 0 Å². The predicted octanol–water partition coefficient (Wildman–Crippen LogP) is 2.76. The Bertz CT molecular complexity index is 97.1. The average molecular weight is 126 g/mol. The number of rotatable bonds is 4. The first-order valence-electron chi connectivity index (χ1n) is 3.29. The molecule has 0 aromatic heterocycles. The van der Waals surface area contributed by atoms with Crippen molar-refractivity contribution in [2.45, 2.75) is 32.7 Å². The molecule has 0 aliphatic rings. The summed E-state index contributed by atoms with van der Waals surface area (Å²) in [5.41, 5.74) is 6.65. The largest absolute Gasteiger partial charge is 0.210 e. The van der Waals surface area contributed by atoms with Gasteiger partial charge in [-0.05, 0) is 26.7 Å². The smallest absolute Gasteiger partial charge is 0.0680 e. The molecular weight excluding hydrogens is 112 g/mol. The van der Waals surface area contributed by atoms with Gasteiger partial charge in [0.2, 0.25) is 0 Å². The minimum atomic E-state index is 0.196. The van der Waals surface area contributed by atoms with E-state index in [1.807, 2.05) is 19.9 Å². The molecule has 9 heavy (non-hydrogen) atoms. The highest BCUT2D eigenvalue weighted by Gasteiger charge is 1.93. The third kappa shape index (κ3) is 5.21. The van der Waals surface area contributed by atoms with Gasteiger partial charge in [0.05, 0.1) is 6.04 Å². The molecule has 0 aromatic rings. The third-order valence-electron chi connectivity index (χ3n) is 1.21. The summed E-state index contributed by atoms with van der Waals surface area (Å²) in [7, 11) is 0. The fraction of sp³-hybridized carbons (Fsp3) is 0.714. The van der Waals surface area contributed by atoms with Crippen molar-refractivity contribution in [3.05, 3.63) is 12.2 Å². The molecule has 1 unspecified atom stereocenters. The maximum absolute atomic E-state index is 6.65. The van der Waals surface area contributed by atoms with Crippen molar-refractivity contribution in [2.75, 3.05) is 0 Å². The van der Waals surface area contributed by atoms with Crippen molar-refractivity contribution in [3.8, 4) is 0 Å². The quantitative estimate of drug-likeness (QED) is 0.444. The van der Waals surface area contributed by atoms with Crippen LogP contribution in [0.1, 0.15) is 26.7 Å². The zero-order valence-electron chi connectivity index (χ0n) is 6.09. The fourth-order valence-electron chi connectivity index (χ4n) is 0.569. The zero-order chi connectivity index (χ0) is 7.11. The Hall–Kier alpha value is -0.660.